The van der Waals surface area contributed by atoms with E-state index in [0.29, 0.717) is 0 Å². The molecule has 0 radical (unpaired) electrons. The number of pyridine rings is 1. The fraction of sp³-hybridized carbons (Fsp3) is 0.105. The first-order chi connectivity index (χ1) is 12.5. The van der Waals surface area contributed by atoms with Crippen LogP contribution in [0.25, 0.3) is 0 Å². The maximum atomic E-state index is 12.4. The minimum absolute atomic E-state index is 0.0170. The van der Waals surface area contributed by atoms with Crippen LogP contribution in [0, 0.1) is 0 Å². The molecule has 134 valence electrons. The van der Waals surface area contributed by atoms with E-state index in [0.717, 1.165) is 11.3 Å². The fourth-order valence-electron chi connectivity index (χ4n) is 2.47. The average Bonchev–Trinajstić information content (AvgIpc) is 2.64. The Bertz CT molecular complexity index is 977. The van der Waals surface area contributed by atoms with E-state index in [1.54, 1.807) is 30.5 Å². The molecule has 26 heavy (non-hydrogen) atoms. The molecule has 0 fully saturated rings. The normalized spacial score (nSPS) is 12.4. The van der Waals surface area contributed by atoms with Crippen molar-refractivity contribution in [2.45, 2.75) is 17.9 Å². The summed E-state index contributed by atoms with van der Waals surface area (Å²) in [7, 11) is -3.79. The molecule has 3 rings (SSSR count). The summed E-state index contributed by atoms with van der Waals surface area (Å²) in [6, 6.07) is 19.8. The molecule has 1 atom stereocenters. The second-order valence-electron chi connectivity index (χ2n) is 5.74. The zero-order chi connectivity index (χ0) is 18.6. The predicted octanol–water partition coefficient (Wildman–Crippen LogP) is 4.71. The number of sulfonamides is 1. The van der Waals surface area contributed by atoms with E-state index in [2.05, 4.69) is 15.0 Å². The van der Waals surface area contributed by atoms with E-state index in [-0.39, 0.29) is 21.8 Å². The number of nitrogens with one attached hydrogen (secondary N) is 2. The van der Waals surface area contributed by atoms with E-state index in [4.69, 9.17) is 11.6 Å². The molecule has 0 aliphatic rings. The quantitative estimate of drug-likeness (QED) is 0.642. The highest BCUT2D eigenvalue weighted by molar-refractivity contribution is 7.92. The van der Waals surface area contributed by atoms with Gasteiger partial charge in [0.15, 0.2) is 0 Å². The van der Waals surface area contributed by atoms with Crippen LogP contribution in [0.1, 0.15) is 18.5 Å². The molecule has 2 aromatic carbocycles. The van der Waals surface area contributed by atoms with Crippen molar-refractivity contribution in [3.05, 3.63) is 83.5 Å². The molecule has 1 heterocycles. The Kier molecular flexibility index (Phi) is 5.44. The third-order valence-electron chi connectivity index (χ3n) is 3.81. The third kappa shape index (κ3) is 4.33. The molecule has 0 spiro atoms. The van der Waals surface area contributed by atoms with Crippen LogP contribution in [-0.2, 0) is 10.0 Å². The Morgan fingerprint density at radius 1 is 0.962 bits per heavy atom. The van der Waals surface area contributed by atoms with Gasteiger partial charge in [-0.25, -0.2) is 13.4 Å². The van der Waals surface area contributed by atoms with E-state index in [9.17, 15) is 8.42 Å². The molecule has 0 amide bonds. The second kappa shape index (κ2) is 7.76. The molecule has 0 saturated heterocycles. The Labute approximate surface area is 158 Å². The van der Waals surface area contributed by atoms with Gasteiger partial charge >= 0.3 is 0 Å². The van der Waals surface area contributed by atoms with Crippen molar-refractivity contribution in [2.75, 3.05) is 10.0 Å². The molecule has 2 N–H and O–H groups in total. The van der Waals surface area contributed by atoms with Crippen LogP contribution >= 0.6 is 11.6 Å². The van der Waals surface area contributed by atoms with Crippen molar-refractivity contribution in [3.8, 4) is 0 Å². The molecule has 3 aromatic rings. The molecule has 7 heteroatoms. The van der Waals surface area contributed by atoms with Crippen LogP contribution in [-0.4, -0.2) is 13.4 Å². The lowest BCUT2D eigenvalue weighted by atomic mass is 10.1. The zero-order valence-electron chi connectivity index (χ0n) is 14.1. The molecule has 0 aliphatic heterocycles. The highest BCUT2D eigenvalue weighted by atomic mass is 35.5. The molecule has 0 bridgehead atoms. The average molecular weight is 388 g/mol. The first-order valence-corrected chi connectivity index (χ1v) is 9.87. The third-order valence-corrected chi connectivity index (χ3v) is 5.67. The van der Waals surface area contributed by atoms with Crippen molar-refractivity contribution < 1.29 is 8.42 Å². The van der Waals surface area contributed by atoms with Gasteiger partial charge in [0.1, 0.15) is 10.7 Å². The number of hydrogen-bond acceptors (Lipinski definition) is 4. The number of benzene rings is 2. The summed E-state index contributed by atoms with van der Waals surface area (Å²) in [5.74, 6) is 0.225. The molecule has 1 unspecified atom stereocenters. The minimum atomic E-state index is -3.79. The van der Waals surface area contributed by atoms with Gasteiger partial charge in [0.25, 0.3) is 10.0 Å². The van der Waals surface area contributed by atoms with Gasteiger partial charge in [0.2, 0.25) is 0 Å². The topological polar surface area (TPSA) is 71.1 Å². The van der Waals surface area contributed by atoms with Gasteiger partial charge in [-0.05, 0) is 36.8 Å². The summed E-state index contributed by atoms with van der Waals surface area (Å²) in [4.78, 5) is 4.19. The summed E-state index contributed by atoms with van der Waals surface area (Å²) >= 11 is 5.97. The Balaban J connectivity index is 1.71. The number of rotatable bonds is 6. The van der Waals surface area contributed by atoms with Crippen LogP contribution < -0.4 is 10.0 Å². The van der Waals surface area contributed by atoms with E-state index in [1.165, 1.54) is 12.1 Å². The van der Waals surface area contributed by atoms with Crippen molar-refractivity contribution in [1.29, 1.82) is 0 Å². The summed E-state index contributed by atoms with van der Waals surface area (Å²) in [6.07, 6.45) is 1.59. The van der Waals surface area contributed by atoms with Gasteiger partial charge in [0, 0.05) is 6.04 Å². The summed E-state index contributed by atoms with van der Waals surface area (Å²) in [5, 5.41) is 3.49. The van der Waals surface area contributed by atoms with Crippen molar-refractivity contribution in [3.63, 3.8) is 0 Å². The minimum Gasteiger partial charge on any atom is -0.377 e. The van der Waals surface area contributed by atoms with Crippen LogP contribution in [0.2, 0.25) is 5.02 Å². The lowest BCUT2D eigenvalue weighted by Gasteiger charge is -2.16. The number of hydrogen-bond donors (Lipinski definition) is 2. The number of nitrogens with zero attached hydrogens (tertiary/aromatic N) is 1. The highest BCUT2D eigenvalue weighted by Gasteiger charge is 2.18. The lowest BCUT2D eigenvalue weighted by Crippen LogP contribution is -2.14. The SMILES string of the molecule is CC(Nc1ccc(NS(=O)(=O)c2ccccc2Cl)nc1)c1ccccc1. The zero-order valence-corrected chi connectivity index (χ0v) is 15.6. The smallest absolute Gasteiger partial charge is 0.264 e. The Morgan fingerprint density at radius 3 is 2.31 bits per heavy atom. The van der Waals surface area contributed by atoms with E-state index >= 15 is 0 Å². The molecular weight excluding hydrogens is 370 g/mol. The van der Waals surface area contributed by atoms with Crippen molar-refractivity contribution in [2.24, 2.45) is 0 Å². The van der Waals surface area contributed by atoms with Gasteiger partial charge in [-0.2, -0.15) is 0 Å². The van der Waals surface area contributed by atoms with Crippen LogP contribution in [0.4, 0.5) is 11.5 Å². The molecule has 5 nitrogen and oxygen atoms in total. The molecule has 0 aliphatic carbocycles. The van der Waals surface area contributed by atoms with Gasteiger partial charge in [-0.3, -0.25) is 4.72 Å². The first-order valence-electron chi connectivity index (χ1n) is 8.00. The lowest BCUT2D eigenvalue weighted by molar-refractivity contribution is 0.601. The number of aromatic nitrogens is 1. The fourth-order valence-corrected chi connectivity index (χ4v) is 4.00. The number of anilines is 2. The van der Waals surface area contributed by atoms with Gasteiger partial charge in [0.05, 0.1) is 16.9 Å². The Hall–Kier alpha value is -2.57. The maximum Gasteiger partial charge on any atom is 0.264 e. The molecular formula is C19H18ClN3O2S. The maximum absolute atomic E-state index is 12.4. The van der Waals surface area contributed by atoms with Gasteiger partial charge in [-0.1, -0.05) is 54.1 Å². The van der Waals surface area contributed by atoms with Gasteiger partial charge < -0.3 is 5.32 Å². The van der Waals surface area contributed by atoms with Crippen LogP contribution in [0.5, 0.6) is 0 Å². The largest absolute Gasteiger partial charge is 0.377 e. The number of halogens is 1. The van der Waals surface area contributed by atoms with Crippen LogP contribution in [0.3, 0.4) is 0 Å². The van der Waals surface area contributed by atoms with E-state index in [1.807, 2.05) is 37.3 Å². The summed E-state index contributed by atoms with van der Waals surface area (Å²) < 4.78 is 27.3. The second-order valence-corrected chi connectivity index (χ2v) is 7.80. The Morgan fingerprint density at radius 2 is 1.65 bits per heavy atom. The monoisotopic (exact) mass is 387 g/mol. The molecule has 0 saturated carbocycles. The van der Waals surface area contributed by atoms with Crippen molar-refractivity contribution >= 4 is 33.1 Å². The van der Waals surface area contributed by atoms with Gasteiger partial charge in [-0.15, -0.1) is 0 Å². The summed E-state index contributed by atoms with van der Waals surface area (Å²) in [6.45, 7) is 2.04. The summed E-state index contributed by atoms with van der Waals surface area (Å²) in [5.41, 5.74) is 1.94. The first kappa shape index (κ1) is 18.2. The van der Waals surface area contributed by atoms with Crippen molar-refractivity contribution in [1.82, 2.24) is 4.98 Å². The predicted molar refractivity (Wildman–Crippen MR) is 105 cm³/mol. The highest BCUT2D eigenvalue weighted by Crippen LogP contribution is 2.24. The van der Waals surface area contributed by atoms with Crippen LogP contribution in [0.15, 0.2) is 77.8 Å². The standard InChI is InChI=1S/C19H18ClN3O2S/c1-14(15-7-3-2-4-8-15)22-16-11-12-19(21-13-16)23-26(24,25)18-10-6-5-9-17(18)20/h2-14,22H,1H3,(H,21,23). The molecule has 1 aromatic heterocycles. The van der Waals surface area contributed by atoms with E-state index < -0.39 is 10.0 Å².